The van der Waals surface area contributed by atoms with Crippen molar-refractivity contribution in [2.24, 2.45) is 0 Å². The number of fused-ring (bicyclic) bond motifs is 6. The van der Waals surface area contributed by atoms with E-state index in [1.807, 2.05) is 0 Å². The van der Waals surface area contributed by atoms with Crippen molar-refractivity contribution in [3.05, 3.63) is 228 Å². The molecule has 0 unspecified atom stereocenters. The lowest BCUT2D eigenvalue weighted by Gasteiger charge is -2.34. The van der Waals surface area contributed by atoms with Crippen molar-refractivity contribution in [1.29, 1.82) is 0 Å². The van der Waals surface area contributed by atoms with Crippen LogP contribution >= 0.6 is 0 Å². The first-order valence-corrected chi connectivity index (χ1v) is 18.3. The van der Waals surface area contributed by atoms with Crippen molar-refractivity contribution in [3.63, 3.8) is 0 Å². The van der Waals surface area contributed by atoms with Gasteiger partial charge >= 0.3 is 0 Å². The molecule has 10 rings (SSSR count). The van der Waals surface area contributed by atoms with E-state index in [1.54, 1.807) is 0 Å². The molecule has 0 saturated carbocycles. The Morgan fingerprint density at radius 2 is 0.615 bits per heavy atom. The minimum atomic E-state index is -0.402. The molecule has 0 atom stereocenters. The maximum atomic E-state index is 2.45. The number of hydrogen-bond acceptors (Lipinski definition) is 0. The largest absolute Gasteiger partial charge is 0.0713 e. The number of benzene rings is 8. The highest BCUT2D eigenvalue weighted by Gasteiger charge is 2.46. The van der Waals surface area contributed by atoms with Crippen LogP contribution in [-0.4, -0.2) is 0 Å². The van der Waals surface area contributed by atoms with Gasteiger partial charge in [0.05, 0.1) is 5.41 Å². The number of hydrogen-bond donors (Lipinski definition) is 0. The van der Waals surface area contributed by atoms with Gasteiger partial charge in [0.2, 0.25) is 0 Å². The van der Waals surface area contributed by atoms with E-state index < -0.39 is 5.41 Å². The SMILES string of the molecule is CC1(C)c2cc(-c3ccccc3)ccc2-c2ccc(-c3ccc(-c4ccc5c(c4)C(c4ccccc4)(c4ccccc4)c4ccccc4-5)cc3)cc21. The van der Waals surface area contributed by atoms with Gasteiger partial charge in [-0.2, -0.15) is 0 Å². The van der Waals surface area contributed by atoms with Gasteiger partial charge in [-0.05, 0) is 107 Å². The van der Waals surface area contributed by atoms with Crippen LogP contribution in [0.25, 0.3) is 55.6 Å². The monoisotopic (exact) mass is 662 g/mol. The van der Waals surface area contributed by atoms with Gasteiger partial charge in [-0.25, -0.2) is 0 Å². The Labute approximate surface area is 306 Å². The predicted molar refractivity (Wildman–Crippen MR) is 218 cm³/mol. The van der Waals surface area contributed by atoms with E-state index in [2.05, 4.69) is 208 Å². The van der Waals surface area contributed by atoms with Crippen LogP contribution in [0.3, 0.4) is 0 Å². The van der Waals surface area contributed by atoms with Crippen LogP contribution in [0.5, 0.6) is 0 Å². The summed E-state index contributed by atoms with van der Waals surface area (Å²) < 4.78 is 0. The number of rotatable bonds is 5. The molecule has 0 aliphatic heterocycles. The van der Waals surface area contributed by atoms with Crippen molar-refractivity contribution in [3.8, 4) is 55.6 Å². The van der Waals surface area contributed by atoms with Gasteiger partial charge in [-0.1, -0.05) is 190 Å². The molecule has 2 aliphatic carbocycles. The molecular weight excluding hydrogens is 625 g/mol. The topological polar surface area (TPSA) is 0 Å². The van der Waals surface area contributed by atoms with Gasteiger partial charge in [-0.15, -0.1) is 0 Å². The Morgan fingerprint density at radius 1 is 0.269 bits per heavy atom. The van der Waals surface area contributed by atoms with Gasteiger partial charge in [0.25, 0.3) is 0 Å². The summed E-state index contributed by atoms with van der Waals surface area (Å²) in [5, 5.41) is 0. The van der Waals surface area contributed by atoms with Crippen LogP contribution in [0.15, 0.2) is 194 Å². The van der Waals surface area contributed by atoms with Gasteiger partial charge in [0.1, 0.15) is 0 Å². The van der Waals surface area contributed by atoms with E-state index in [1.165, 1.54) is 89.0 Å². The lowest BCUT2D eigenvalue weighted by Crippen LogP contribution is -2.28. The maximum Gasteiger partial charge on any atom is 0.0713 e. The smallest absolute Gasteiger partial charge is 0.0622 e. The Morgan fingerprint density at radius 3 is 1.12 bits per heavy atom. The molecule has 0 aromatic heterocycles. The molecule has 0 heterocycles. The summed E-state index contributed by atoms with van der Waals surface area (Å²) in [6, 6.07) is 72.1. The summed E-state index contributed by atoms with van der Waals surface area (Å²) in [7, 11) is 0. The second-order valence-electron chi connectivity index (χ2n) is 14.9. The van der Waals surface area contributed by atoms with Crippen LogP contribution in [-0.2, 0) is 10.8 Å². The molecule has 0 heteroatoms. The minimum Gasteiger partial charge on any atom is -0.0622 e. The van der Waals surface area contributed by atoms with Crippen LogP contribution < -0.4 is 0 Å². The molecule has 0 saturated heterocycles. The highest BCUT2D eigenvalue weighted by Crippen LogP contribution is 2.57. The Balaban J connectivity index is 1.03. The van der Waals surface area contributed by atoms with E-state index in [-0.39, 0.29) is 5.41 Å². The molecule has 246 valence electrons. The van der Waals surface area contributed by atoms with Crippen LogP contribution in [0, 0.1) is 0 Å². The normalized spacial score (nSPS) is 14.3. The average Bonchev–Trinajstić information content (AvgIpc) is 3.64. The third-order valence-electron chi connectivity index (χ3n) is 11.8. The molecule has 0 amide bonds. The summed E-state index contributed by atoms with van der Waals surface area (Å²) in [6.45, 7) is 4.74. The molecule has 8 aromatic rings. The van der Waals surface area contributed by atoms with Gasteiger partial charge < -0.3 is 0 Å². The lowest BCUT2D eigenvalue weighted by molar-refractivity contribution is 0.661. The molecule has 0 N–H and O–H groups in total. The first kappa shape index (κ1) is 30.6. The highest BCUT2D eigenvalue weighted by molar-refractivity contribution is 5.89. The maximum absolute atomic E-state index is 2.45. The van der Waals surface area contributed by atoms with E-state index in [0.717, 1.165) is 0 Å². The van der Waals surface area contributed by atoms with E-state index in [9.17, 15) is 0 Å². The summed E-state index contributed by atoms with van der Waals surface area (Å²) in [6.07, 6.45) is 0. The van der Waals surface area contributed by atoms with E-state index in [0.29, 0.717) is 0 Å². The van der Waals surface area contributed by atoms with E-state index >= 15 is 0 Å². The molecule has 0 spiro atoms. The molecule has 52 heavy (non-hydrogen) atoms. The molecule has 0 bridgehead atoms. The van der Waals surface area contributed by atoms with Gasteiger partial charge in [0, 0.05) is 5.41 Å². The zero-order valence-electron chi connectivity index (χ0n) is 29.5. The van der Waals surface area contributed by atoms with Crippen molar-refractivity contribution in [1.82, 2.24) is 0 Å². The van der Waals surface area contributed by atoms with Crippen LogP contribution in [0.2, 0.25) is 0 Å². The van der Waals surface area contributed by atoms with Crippen molar-refractivity contribution < 1.29 is 0 Å². The first-order valence-electron chi connectivity index (χ1n) is 18.3. The molecular formula is C52H38. The average molecular weight is 663 g/mol. The second-order valence-corrected chi connectivity index (χ2v) is 14.9. The van der Waals surface area contributed by atoms with Crippen molar-refractivity contribution in [2.75, 3.05) is 0 Å². The third kappa shape index (κ3) is 4.47. The summed E-state index contributed by atoms with van der Waals surface area (Å²) in [4.78, 5) is 0. The summed E-state index contributed by atoms with van der Waals surface area (Å²) >= 11 is 0. The Hall–Kier alpha value is -6.24. The zero-order valence-corrected chi connectivity index (χ0v) is 29.5. The fraction of sp³-hybridized carbons (Fsp3) is 0.0769. The fourth-order valence-electron chi connectivity index (χ4n) is 9.21. The summed E-state index contributed by atoms with van der Waals surface area (Å²) in [5.41, 5.74) is 20.4. The van der Waals surface area contributed by atoms with Crippen LogP contribution in [0.1, 0.15) is 47.2 Å². The molecule has 2 aliphatic rings. The lowest BCUT2D eigenvalue weighted by atomic mass is 9.67. The minimum absolute atomic E-state index is 0.0859. The summed E-state index contributed by atoms with van der Waals surface area (Å²) in [5.74, 6) is 0. The predicted octanol–water partition coefficient (Wildman–Crippen LogP) is 13.4. The molecule has 8 aromatic carbocycles. The standard InChI is InChI=1S/C52H38/c1-51(2)48-32-38(35-14-6-3-7-15-35)26-29-44(48)45-30-27-39(33-49(45)51)36-22-24-37(25-23-36)40-28-31-46-43-20-12-13-21-47(43)52(50(46)34-40,41-16-8-4-9-17-41)42-18-10-5-11-19-42/h3-34H,1-2H3. The molecule has 0 nitrogen and oxygen atoms in total. The second kappa shape index (κ2) is 11.7. The molecule has 0 fully saturated rings. The first-order chi connectivity index (χ1) is 25.5. The van der Waals surface area contributed by atoms with E-state index in [4.69, 9.17) is 0 Å². The van der Waals surface area contributed by atoms with Gasteiger partial charge in [-0.3, -0.25) is 0 Å². The van der Waals surface area contributed by atoms with Crippen molar-refractivity contribution in [2.45, 2.75) is 24.7 Å². The van der Waals surface area contributed by atoms with Crippen molar-refractivity contribution >= 4 is 0 Å². The highest BCUT2D eigenvalue weighted by atomic mass is 14.5. The third-order valence-corrected chi connectivity index (χ3v) is 11.8. The quantitative estimate of drug-likeness (QED) is 0.172. The Kier molecular flexibility index (Phi) is 6.85. The fourth-order valence-corrected chi connectivity index (χ4v) is 9.21. The molecule has 0 radical (unpaired) electrons. The zero-order chi connectivity index (χ0) is 34.9. The Bertz CT molecular complexity index is 2570. The van der Waals surface area contributed by atoms with Gasteiger partial charge in [0.15, 0.2) is 0 Å². The van der Waals surface area contributed by atoms with Crippen LogP contribution in [0.4, 0.5) is 0 Å².